The highest BCUT2D eigenvalue weighted by Crippen LogP contribution is 2.19. The summed E-state index contributed by atoms with van der Waals surface area (Å²) in [7, 11) is 1.92. The molecule has 3 aromatic heterocycles. The number of anilines is 2. The maximum atomic E-state index is 4.49. The summed E-state index contributed by atoms with van der Waals surface area (Å²) in [4.78, 5) is 8.85. The van der Waals surface area contributed by atoms with Crippen molar-refractivity contribution in [2.24, 2.45) is 7.05 Å². The molecule has 110 valence electrons. The van der Waals surface area contributed by atoms with Crippen LogP contribution in [0.1, 0.15) is 12.5 Å². The number of hydrogen-bond donors (Lipinski definition) is 3. The van der Waals surface area contributed by atoms with Crippen LogP contribution >= 0.6 is 0 Å². The fourth-order valence-corrected chi connectivity index (χ4v) is 2.13. The molecule has 0 atom stereocenters. The van der Waals surface area contributed by atoms with Gasteiger partial charge in [0.15, 0.2) is 5.65 Å². The quantitative estimate of drug-likeness (QED) is 0.629. The molecule has 0 aliphatic carbocycles. The number of nitrogens with zero attached hydrogens (tertiary/aromatic N) is 5. The Morgan fingerprint density at radius 2 is 2.14 bits per heavy atom. The highest BCUT2D eigenvalue weighted by molar-refractivity contribution is 5.86. The van der Waals surface area contributed by atoms with Gasteiger partial charge in [-0.25, -0.2) is 0 Å². The van der Waals surface area contributed by atoms with E-state index in [0.29, 0.717) is 5.95 Å². The lowest BCUT2D eigenvalue weighted by Crippen LogP contribution is -2.09. The van der Waals surface area contributed by atoms with Gasteiger partial charge in [0.1, 0.15) is 5.82 Å². The van der Waals surface area contributed by atoms with Crippen molar-refractivity contribution in [1.82, 2.24) is 29.9 Å². The zero-order valence-electron chi connectivity index (χ0n) is 12.1. The first-order chi connectivity index (χ1) is 10.3. The minimum atomic E-state index is 0.595. The third-order valence-corrected chi connectivity index (χ3v) is 3.11. The Hall–Kier alpha value is -2.64. The van der Waals surface area contributed by atoms with Crippen LogP contribution in [0.25, 0.3) is 11.0 Å². The summed E-state index contributed by atoms with van der Waals surface area (Å²) in [5.74, 6) is 1.38. The second-order valence-electron chi connectivity index (χ2n) is 4.76. The maximum absolute atomic E-state index is 4.49. The van der Waals surface area contributed by atoms with Crippen molar-refractivity contribution < 1.29 is 0 Å². The first kappa shape index (κ1) is 13.3. The lowest BCUT2D eigenvalue weighted by molar-refractivity contribution is 0.767. The third kappa shape index (κ3) is 2.93. The Morgan fingerprint density at radius 1 is 1.24 bits per heavy atom. The van der Waals surface area contributed by atoms with Gasteiger partial charge in [-0.05, 0) is 18.9 Å². The first-order valence-electron chi connectivity index (χ1n) is 6.92. The predicted octanol–water partition coefficient (Wildman–Crippen LogP) is 1.17. The van der Waals surface area contributed by atoms with E-state index in [0.717, 1.165) is 36.4 Å². The molecule has 8 heteroatoms. The third-order valence-electron chi connectivity index (χ3n) is 3.11. The van der Waals surface area contributed by atoms with Gasteiger partial charge < -0.3 is 10.6 Å². The number of aryl methyl sites for hydroxylation is 1. The van der Waals surface area contributed by atoms with E-state index in [2.05, 4.69) is 35.9 Å². The maximum Gasteiger partial charge on any atom is 0.226 e. The number of hydrogen-bond acceptors (Lipinski definition) is 6. The molecule has 0 amide bonds. The SMILES string of the molecule is CCNc1nc(NCCc2cnn(C)c2)c2cn[nH]c2n1. The number of nitrogens with one attached hydrogen (secondary N) is 3. The van der Waals surface area contributed by atoms with Gasteiger partial charge in [0.25, 0.3) is 0 Å². The molecule has 0 saturated heterocycles. The summed E-state index contributed by atoms with van der Waals surface area (Å²) in [6, 6.07) is 0. The van der Waals surface area contributed by atoms with E-state index in [1.165, 1.54) is 5.56 Å². The molecule has 0 aliphatic heterocycles. The lowest BCUT2D eigenvalue weighted by Gasteiger charge is -2.08. The second-order valence-corrected chi connectivity index (χ2v) is 4.76. The molecule has 3 heterocycles. The topological polar surface area (TPSA) is 96.3 Å². The van der Waals surface area contributed by atoms with Gasteiger partial charge in [0.05, 0.1) is 17.8 Å². The van der Waals surface area contributed by atoms with Crippen LogP contribution in [-0.4, -0.2) is 43.0 Å². The summed E-state index contributed by atoms with van der Waals surface area (Å²) >= 11 is 0. The normalized spacial score (nSPS) is 11.0. The van der Waals surface area contributed by atoms with Crippen LogP contribution in [0.2, 0.25) is 0 Å². The minimum absolute atomic E-state index is 0.595. The minimum Gasteiger partial charge on any atom is -0.369 e. The van der Waals surface area contributed by atoms with E-state index in [4.69, 9.17) is 0 Å². The molecule has 0 saturated carbocycles. The molecule has 0 spiro atoms. The second kappa shape index (κ2) is 5.78. The van der Waals surface area contributed by atoms with Crippen LogP contribution in [-0.2, 0) is 13.5 Å². The Kier molecular flexibility index (Phi) is 3.67. The molecule has 8 nitrogen and oxygen atoms in total. The van der Waals surface area contributed by atoms with Crippen molar-refractivity contribution in [2.75, 3.05) is 23.7 Å². The van der Waals surface area contributed by atoms with Gasteiger partial charge in [0, 0.05) is 26.3 Å². The summed E-state index contributed by atoms with van der Waals surface area (Å²) in [6.45, 7) is 3.55. The largest absolute Gasteiger partial charge is 0.369 e. The summed E-state index contributed by atoms with van der Waals surface area (Å²) in [5.41, 5.74) is 1.92. The number of rotatable bonds is 6. The molecule has 0 unspecified atom stereocenters. The standard InChI is InChI=1S/C13H18N8/c1-3-14-13-18-11(10-7-16-20-12(10)19-13)15-5-4-9-6-17-21(2)8-9/h6-8H,3-5H2,1-2H3,(H3,14,15,16,18,19,20). The summed E-state index contributed by atoms with van der Waals surface area (Å²) in [5, 5.41) is 18.4. The average Bonchev–Trinajstić information content (AvgIpc) is 3.08. The molecule has 0 aromatic carbocycles. The van der Waals surface area contributed by atoms with E-state index in [9.17, 15) is 0 Å². The molecular weight excluding hydrogens is 268 g/mol. The van der Waals surface area contributed by atoms with Crippen molar-refractivity contribution in [1.29, 1.82) is 0 Å². The molecule has 0 bridgehead atoms. The van der Waals surface area contributed by atoms with Crippen molar-refractivity contribution in [3.8, 4) is 0 Å². The first-order valence-corrected chi connectivity index (χ1v) is 6.92. The van der Waals surface area contributed by atoms with Gasteiger partial charge >= 0.3 is 0 Å². The van der Waals surface area contributed by atoms with Gasteiger partial charge in [-0.1, -0.05) is 0 Å². The highest BCUT2D eigenvalue weighted by Gasteiger charge is 2.08. The van der Waals surface area contributed by atoms with Gasteiger partial charge in [0.2, 0.25) is 5.95 Å². The van der Waals surface area contributed by atoms with E-state index in [1.54, 1.807) is 10.9 Å². The molecule has 3 rings (SSSR count). The van der Waals surface area contributed by atoms with Crippen molar-refractivity contribution >= 4 is 22.8 Å². The van der Waals surface area contributed by atoms with Crippen LogP contribution in [0.5, 0.6) is 0 Å². The summed E-state index contributed by atoms with van der Waals surface area (Å²) < 4.78 is 1.80. The fraction of sp³-hybridized carbons (Fsp3) is 0.385. The lowest BCUT2D eigenvalue weighted by atomic mass is 10.2. The summed E-state index contributed by atoms with van der Waals surface area (Å²) in [6.07, 6.45) is 6.50. The monoisotopic (exact) mass is 286 g/mol. The Labute approximate surface area is 122 Å². The van der Waals surface area contributed by atoms with Crippen LogP contribution in [0.3, 0.4) is 0 Å². The van der Waals surface area contributed by atoms with Crippen molar-refractivity contribution in [3.63, 3.8) is 0 Å². The number of fused-ring (bicyclic) bond motifs is 1. The van der Waals surface area contributed by atoms with Gasteiger partial charge in [-0.2, -0.15) is 20.2 Å². The van der Waals surface area contributed by atoms with Crippen LogP contribution < -0.4 is 10.6 Å². The van der Waals surface area contributed by atoms with Crippen molar-refractivity contribution in [2.45, 2.75) is 13.3 Å². The van der Waals surface area contributed by atoms with Crippen LogP contribution in [0, 0.1) is 0 Å². The average molecular weight is 286 g/mol. The zero-order valence-corrected chi connectivity index (χ0v) is 12.1. The van der Waals surface area contributed by atoms with Gasteiger partial charge in [-0.15, -0.1) is 0 Å². The molecule has 0 fully saturated rings. The van der Waals surface area contributed by atoms with Crippen LogP contribution in [0.4, 0.5) is 11.8 Å². The molecule has 3 N–H and O–H groups in total. The van der Waals surface area contributed by atoms with Gasteiger partial charge in [-0.3, -0.25) is 9.78 Å². The number of H-pyrrole nitrogens is 1. The Balaban J connectivity index is 1.74. The van der Waals surface area contributed by atoms with Crippen molar-refractivity contribution in [3.05, 3.63) is 24.2 Å². The van der Waals surface area contributed by atoms with E-state index >= 15 is 0 Å². The molecular formula is C13H18N8. The Bertz CT molecular complexity index is 729. The number of aromatic amines is 1. The van der Waals surface area contributed by atoms with E-state index in [1.807, 2.05) is 26.4 Å². The molecule has 21 heavy (non-hydrogen) atoms. The molecule has 0 radical (unpaired) electrons. The Morgan fingerprint density at radius 3 is 2.90 bits per heavy atom. The fourth-order valence-electron chi connectivity index (χ4n) is 2.13. The highest BCUT2D eigenvalue weighted by atomic mass is 15.2. The van der Waals surface area contributed by atoms with E-state index < -0.39 is 0 Å². The van der Waals surface area contributed by atoms with E-state index in [-0.39, 0.29) is 0 Å². The molecule has 0 aliphatic rings. The number of aromatic nitrogens is 6. The molecule has 3 aromatic rings. The smallest absolute Gasteiger partial charge is 0.226 e. The zero-order chi connectivity index (χ0) is 14.7. The van der Waals surface area contributed by atoms with Crippen LogP contribution in [0.15, 0.2) is 18.6 Å². The predicted molar refractivity (Wildman–Crippen MR) is 81.2 cm³/mol.